The van der Waals surface area contributed by atoms with Crippen LogP contribution in [-0.4, -0.2) is 26.7 Å². The molecule has 0 aliphatic rings. The van der Waals surface area contributed by atoms with Gasteiger partial charge in [-0.15, -0.1) is 0 Å². The van der Waals surface area contributed by atoms with E-state index in [2.05, 4.69) is 0 Å². The fourth-order valence-corrected chi connectivity index (χ4v) is 3.47. The quantitative estimate of drug-likeness (QED) is 0.576. The normalized spacial score (nSPS) is 10.9. The Morgan fingerprint density at radius 3 is 1.14 bits per heavy atom. The van der Waals surface area contributed by atoms with Gasteiger partial charge >= 0.3 is 8.80 Å². The lowest BCUT2D eigenvalue weighted by Crippen LogP contribution is -2.49. The fourth-order valence-electron chi connectivity index (χ4n) is 1.56. The van der Waals surface area contributed by atoms with Crippen molar-refractivity contribution in [3.63, 3.8) is 0 Å². The zero-order valence-electron chi connectivity index (χ0n) is 13.4. The van der Waals surface area contributed by atoms with E-state index in [0.29, 0.717) is 19.3 Å². The number of rotatable bonds is 10. The minimum Gasteiger partial charge on any atom is -0.455 e. The molecule has 7 heteroatoms. The predicted molar refractivity (Wildman–Crippen MR) is 79.2 cm³/mol. The van der Waals surface area contributed by atoms with Crippen molar-refractivity contribution in [2.75, 3.05) is 0 Å². The van der Waals surface area contributed by atoms with E-state index in [4.69, 9.17) is 13.3 Å². The third-order valence-electron chi connectivity index (χ3n) is 2.60. The average Bonchev–Trinajstić information content (AvgIpc) is 2.39. The van der Waals surface area contributed by atoms with Crippen LogP contribution in [0.25, 0.3) is 0 Å². The minimum atomic E-state index is -3.62. The summed E-state index contributed by atoms with van der Waals surface area (Å²) < 4.78 is 15.8. The molecule has 0 N–H and O–H groups in total. The molecular formula is C14H26O6Si. The first-order valence-electron chi connectivity index (χ1n) is 7.58. The van der Waals surface area contributed by atoms with Crippen LogP contribution in [0.1, 0.15) is 66.2 Å². The summed E-state index contributed by atoms with van der Waals surface area (Å²) in [4.78, 5) is 35.2. The van der Waals surface area contributed by atoms with Gasteiger partial charge in [0.15, 0.2) is 0 Å². The molecule has 0 radical (unpaired) electrons. The maximum atomic E-state index is 11.7. The molecule has 0 saturated heterocycles. The van der Waals surface area contributed by atoms with Crippen molar-refractivity contribution >= 4 is 26.7 Å². The summed E-state index contributed by atoms with van der Waals surface area (Å²) in [6.07, 6.45) is 2.43. The van der Waals surface area contributed by atoms with Gasteiger partial charge in [0.25, 0.3) is 17.9 Å². The SMILES string of the molecule is CCCC(=O)O[Si](CC)(OC(=O)CCC)OC(=O)CCC. The second-order valence-corrected chi connectivity index (χ2v) is 7.39. The fraction of sp³-hybridized carbons (Fsp3) is 0.786. The molecular weight excluding hydrogens is 292 g/mol. The zero-order valence-corrected chi connectivity index (χ0v) is 14.4. The van der Waals surface area contributed by atoms with Crippen molar-refractivity contribution in [2.24, 2.45) is 0 Å². The summed E-state index contributed by atoms with van der Waals surface area (Å²) in [5, 5.41) is 0. The first-order valence-corrected chi connectivity index (χ1v) is 9.51. The molecule has 0 rings (SSSR count). The lowest BCUT2D eigenvalue weighted by molar-refractivity contribution is -0.150. The van der Waals surface area contributed by atoms with Crippen LogP contribution < -0.4 is 0 Å². The molecule has 0 unspecified atom stereocenters. The van der Waals surface area contributed by atoms with Crippen molar-refractivity contribution in [1.82, 2.24) is 0 Å². The van der Waals surface area contributed by atoms with Gasteiger partial charge in [0.2, 0.25) is 0 Å². The molecule has 21 heavy (non-hydrogen) atoms. The highest BCUT2D eigenvalue weighted by molar-refractivity contribution is 6.65. The Morgan fingerprint density at radius 2 is 0.952 bits per heavy atom. The Labute approximate surface area is 127 Å². The smallest absolute Gasteiger partial charge is 0.455 e. The topological polar surface area (TPSA) is 78.9 Å². The number of hydrogen-bond donors (Lipinski definition) is 0. The lowest BCUT2D eigenvalue weighted by Gasteiger charge is -2.26. The maximum Gasteiger partial charge on any atom is 0.704 e. The average molecular weight is 318 g/mol. The lowest BCUT2D eigenvalue weighted by atomic mass is 10.3. The van der Waals surface area contributed by atoms with Crippen LogP contribution in [0.15, 0.2) is 0 Å². The van der Waals surface area contributed by atoms with Crippen LogP contribution in [0.5, 0.6) is 0 Å². The Hall–Kier alpha value is -1.37. The van der Waals surface area contributed by atoms with E-state index in [0.717, 1.165) is 0 Å². The molecule has 0 atom stereocenters. The minimum absolute atomic E-state index is 0.188. The van der Waals surface area contributed by atoms with Crippen LogP contribution in [0.2, 0.25) is 6.04 Å². The highest BCUT2D eigenvalue weighted by atomic mass is 28.4. The van der Waals surface area contributed by atoms with E-state index in [1.54, 1.807) is 6.92 Å². The van der Waals surface area contributed by atoms with E-state index in [1.165, 1.54) is 0 Å². The van der Waals surface area contributed by atoms with E-state index in [1.807, 2.05) is 20.8 Å². The first-order chi connectivity index (χ1) is 9.92. The van der Waals surface area contributed by atoms with Crippen molar-refractivity contribution in [1.29, 1.82) is 0 Å². The zero-order chi connectivity index (χ0) is 16.3. The van der Waals surface area contributed by atoms with E-state index in [9.17, 15) is 14.4 Å². The summed E-state index contributed by atoms with van der Waals surface area (Å²) in [5.41, 5.74) is 0. The summed E-state index contributed by atoms with van der Waals surface area (Å²) in [7, 11) is -3.62. The van der Waals surface area contributed by atoms with Gasteiger partial charge in [-0.3, -0.25) is 14.4 Å². The molecule has 0 spiro atoms. The molecule has 0 aliphatic heterocycles. The molecule has 0 aromatic heterocycles. The predicted octanol–water partition coefficient (Wildman–Crippen LogP) is 2.98. The van der Waals surface area contributed by atoms with Crippen LogP contribution in [-0.2, 0) is 27.7 Å². The molecule has 122 valence electrons. The van der Waals surface area contributed by atoms with E-state index in [-0.39, 0.29) is 25.3 Å². The third-order valence-corrected chi connectivity index (χ3v) is 5.09. The monoisotopic (exact) mass is 318 g/mol. The summed E-state index contributed by atoms with van der Waals surface area (Å²) in [5.74, 6) is -1.50. The highest BCUT2D eigenvalue weighted by Gasteiger charge is 2.51. The molecule has 6 nitrogen and oxygen atoms in total. The van der Waals surface area contributed by atoms with Crippen molar-refractivity contribution in [3.8, 4) is 0 Å². The van der Waals surface area contributed by atoms with Gasteiger partial charge in [0.1, 0.15) is 0 Å². The van der Waals surface area contributed by atoms with E-state index >= 15 is 0 Å². The molecule has 0 heterocycles. The molecule has 0 aliphatic carbocycles. The maximum absolute atomic E-state index is 11.7. The largest absolute Gasteiger partial charge is 0.704 e. The first kappa shape index (κ1) is 19.6. The van der Waals surface area contributed by atoms with Gasteiger partial charge in [0.05, 0.1) is 6.04 Å². The van der Waals surface area contributed by atoms with Crippen molar-refractivity contribution < 1.29 is 27.7 Å². The van der Waals surface area contributed by atoms with Gasteiger partial charge in [-0.25, -0.2) is 0 Å². The van der Waals surface area contributed by atoms with Gasteiger partial charge in [-0.1, -0.05) is 27.7 Å². The number of carbonyl (C=O) groups excluding carboxylic acids is 3. The van der Waals surface area contributed by atoms with Gasteiger partial charge in [0, 0.05) is 19.3 Å². The Bertz CT molecular complexity index is 305. The van der Waals surface area contributed by atoms with Gasteiger partial charge in [-0.05, 0) is 19.3 Å². The third kappa shape index (κ3) is 7.84. The second kappa shape index (κ2) is 10.4. The highest BCUT2D eigenvalue weighted by Crippen LogP contribution is 2.19. The second-order valence-electron chi connectivity index (χ2n) is 4.71. The van der Waals surface area contributed by atoms with Crippen molar-refractivity contribution in [2.45, 2.75) is 72.3 Å². The van der Waals surface area contributed by atoms with Crippen molar-refractivity contribution in [3.05, 3.63) is 0 Å². The standard InChI is InChI=1S/C14H26O6Si/c1-5-9-12(15)18-21(8-4,19-13(16)10-6-2)20-14(17)11-7-3/h5-11H2,1-4H3. The van der Waals surface area contributed by atoms with Gasteiger partial charge < -0.3 is 13.3 Å². The molecule has 0 aromatic carbocycles. The summed E-state index contributed by atoms with van der Waals surface area (Å²) >= 11 is 0. The summed E-state index contributed by atoms with van der Waals surface area (Å²) in [6.45, 7) is 7.19. The molecule has 0 saturated carbocycles. The van der Waals surface area contributed by atoms with Crippen LogP contribution in [0.3, 0.4) is 0 Å². The van der Waals surface area contributed by atoms with Gasteiger partial charge in [-0.2, -0.15) is 0 Å². The van der Waals surface area contributed by atoms with E-state index < -0.39 is 26.7 Å². The van der Waals surface area contributed by atoms with Crippen LogP contribution in [0.4, 0.5) is 0 Å². The number of hydrogen-bond acceptors (Lipinski definition) is 6. The number of carbonyl (C=O) groups is 3. The summed E-state index contributed by atoms with van der Waals surface area (Å²) in [6, 6.07) is 0.188. The Morgan fingerprint density at radius 1 is 0.667 bits per heavy atom. The molecule has 0 amide bonds. The van der Waals surface area contributed by atoms with Crippen LogP contribution in [0, 0.1) is 0 Å². The Kier molecular flexibility index (Phi) is 9.69. The van der Waals surface area contributed by atoms with Crippen LogP contribution >= 0.6 is 0 Å². The molecule has 0 aromatic rings. The molecule has 0 fully saturated rings. The Balaban J connectivity index is 5.02. The molecule has 0 bridgehead atoms.